The van der Waals surface area contributed by atoms with E-state index in [9.17, 15) is 4.79 Å². The van der Waals surface area contributed by atoms with Gasteiger partial charge in [0.2, 0.25) is 0 Å². The maximum atomic E-state index is 10.5. The summed E-state index contributed by atoms with van der Waals surface area (Å²) in [5.41, 5.74) is 0.719. The fraction of sp³-hybridized carbons (Fsp3) is 0. The first-order valence-electron chi connectivity index (χ1n) is 3.44. The average molecular weight is 203 g/mol. The van der Waals surface area contributed by atoms with Crippen LogP contribution in [0, 0.1) is 0 Å². The van der Waals surface area contributed by atoms with Crippen LogP contribution in [-0.2, 0) is 0 Å². The van der Waals surface area contributed by atoms with E-state index in [2.05, 4.69) is 4.98 Å². The van der Waals surface area contributed by atoms with E-state index in [4.69, 9.17) is 5.11 Å². The summed E-state index contributed by atoms with van der Waals surface area (Å²) in [6, 6.07) is 5.39. The zero-order chi connectivity index (χ0) is 8.55. The predicted molar refractivity (Wildman–Crippen MR) is 51.5 cm³/mol. The van der Waals surface area contributed by atoms with E-state index >= 15 is 0 Å². The molecular weight excluding hydrogens is 195 g/mol. The Kier molecular flexibility index (Phi) is 4.79. The number of carboxylic acids is 1. The molecule has 0 aromatic carbocycles. The predicted octanol–water partition coefficient (Wildman–Crippen LogP) is -0.173. The van der Waals surface area contributed by atoms with Crippen LogP contribution < -0.4 is 0 Å². The normalized spacial score (nSPS) is 8.86. The first-order chi connectivity index (χ1) is 5.77. The molecule has 1 radical (unpaired) electrons. The molecule has 0 saturated carbocycles. The Hall–Kier alpha value is -0.880. The van der Waals surface area contributed by atoms with Gasteiger partial charge in [-0.05, 0) is 12.1 Å². The van der Waals surface area contributed by atoms with Crippen LogP contribution in [-0.4, -0.2) is 55.5 Å². The van der Waals surface area contributed by atoms with Crippen molar-refractivity contribution in [3.05, 3.63) is 36.3 Å². The molecule has 0 fully saturated rings. The van der Waals surface area contributed by atoms with Crippen LogP contribution in [0.5, 0.6) is 0 Å². The zero-order valence-corrected chi connectivity index (χ0v) is 9.64. The molecule has 0 bridgehead atoms. The van der Waals surface area contributed by atoms with Crippen molar-refractivity contribution in [3.63, 3.8) is 0 Å². The van der Waals surface area contributed by atoms with Gasteiger partial charge in [-0.15, -0.1) is 0 Å². The molecule has 0 atom stereocenters. The Morgan fingerprint density at radius 1 is 1.43 bits per heavy atom. The van der Waals surface area contributed by atoms with Gasteiger partial charge in [0.05, 0.1) is 0 Å². The van der Waals surface area contributed by atoms with Crippen LogP contribution in [0.4, 0.5) is 0 Å². The number of aromatic carboxylic acids is 1. The molecule has 2 aromatic rings. The number of carboxylic acid groups (broad SMARTS) is 1. The number of rotatable bonds is 1. The monoisotopic (exact) mass is 203 g/mol. The quantitative estimate of drug-likeness (QED) is 0.652. The number of aromatic nitrogens is 2. The Morgan fingerprint density at radius 3 is 2.71 bits per heavy atom. The van der Waals surface area contributed by atoms with Gasteiger partial charge in [-0.1, -0.05) is 6.07 Å². The second kappa shape index (κ2) is 5.11. The summed E-state index contributed by atoms with van der Waals surface area (Å²) in [7, 11) is 0. The molecule has 0 aliphatic rings. The summed E-state index contributed by atoms with van der Waals surface area (Å²) in [6.45, 7) is 0. The van der Waals surface area contributed by atoms with Gasteiger partial charge in [0.1, 0.15) is 5.65 Å². The van der Waals surface area contributed by atoms with Crippen LogP contribution in [0.2, 0.25) is 0 Å². The molecule has 69 valence electrons. The largest absolute Gasteiger partial charge is 0.476 e. The number of hydrogen-bond donors (Lipinski definition) is 1. The minimum Gasteiger partial charge on any atom is -0.476 e. The topological polar surface area (TPSA) is 86.1 Å². The van der Waals surface area contributed by atoms with Gasteiger partial charge in [-0.25, -0.2) is 9.78 Å². The molecule has 2 aromatic heterocycles. The van der Waals surface area contributed by atoms with Crippen LogP contribution in [0.3, 0.4) is 0 Å². The van der Waals surface area contributed by atoms with Gasteiger partial charge in [0.25, 0.3) is 0 Å². The van der Waals surface area contributed by atoms with Crippen LogP contribution >= 0.6 is 0 Å². The standard InChI is InChI=1S/C8H6N2O2.Na.H2O/c11-8(12)6-5-10-4-2-1-3-7(10)9-6;;/h1-5H,(H,11,12);;1H2. The van der Waals surface area contributed by atoms with E-state index in [1.165, 1.54) is 6.20 Å². The Bertz CT molecular complexity index is 408. The van der Waals surface area contributed by atoms with E-state index in [1.54, 1.807) is 16.7 Å². The summed E-state index contributed by atoms with van der Waals surface area (Å²) in [4.78, 5) is 14.4. The molecule has 0 unspecified atom stereocenters. The summed E-state index contributed by atoms with van der Waals surface area (Å²) in [5.74, 6) is -1.00. The SMILES string of the molecule is O.O=C(O)c1cn2ccccc2n1.[Na]. The van der Waals surface area contributed by atoms with Crippen molar-refractivity contribution >= 4 is 41.2 Å². The van der Waals surface area contributed by atoms with Crippen molar-refractivity contribution < 1.29 is 15.4 Å². The fourth-order valence-corrected chi connectivity index (χ4v) is 1.04. The van der Waals surface area contributed by atoms with Crippen molar-refractivity contribution in [1.82, 2.24) is 9.38 Å². The second-order valence-electron chi connectivity index (χ2n) is 2.40. The number of fused-ring (bicyclic) bond motifs is 1. The molecule has 0 aliphatic heterocycles. The Balaban J connectivity index is 0.000000845. The molecule has 5 nitrogen and oxygen atoms in total. The molecule has 14 heavy (non-hydrogen) atoms. The summed E-state index contributed by atoms with van der Waals surface area (Å²) in [6.07, 6.45) is 3.24. The Morgan fingerprint density at radius 2 is 2.14 bits per heavy atom. The van der Waals surface area contributed by atoms with Crippen molar-refractivity contribution in [2.24, 2.45) is 0 Å². The molecule has 0 aliphatic carbocycles. The van der Waals surface area contributed by atoms with E-state index in [0.29, 0.717) is 5.65 Å². The van der Waals surface area contributed by atoms with Gasteiger partial charge in [0, 0.05) is 42.0 Å². The van der Waals surface area contributed by atoms with Gasteiger partial charge in [-0.3, -0.25) is 0 Å². The first kappa shape index (κ1) is 13.1. The van der Waals surface area contributed by atoms with Crippen LogP contribution in [0.15, 0.2) is 30.6 Å². The molecule has 0 spiro atoms. The maximum absolute atomic E-state index is 10.5. The molecule has 2 rings (SSSR count). The molecule has 6 heteroatoms. The number of pyridine rings is 1. The van der Waals surface area contributed by atoms with E-state index in [1.807, 2.05) is 12.1 Å². The fourth-order valence-electron chi connectivity index (χ4n) is 1.04. The van der Waals surface area contributed by atoms with Crippen molar-refractivity contribution in [2.45, 2.75) is 0 Å². The Labute approximate surface area is 102 Å². The zero-order valence-electron chi connectivity index (χ0n) is 7.64. The first-order valence-corrected chi connectivity index (χ1v) is 3.44. The number of hydrogen-bond acceptors (Lipinski definition) is 2. The van der Waals surface area contributed by atoms with Gasteiger partial charge < -0.3 is 15.0 Å². The molecule has 3 N–H and O–H groups in total. The molecule has 0 saturated heterocycles. The number of carbonyl (C=O) groups is 1. The molecule has 0 amide bonds. The van der Waals surface area contributed by atoms with Crippen molar-refractivity contribution in [3.8, 4) is 0 Å². The van der Waals surface area contributed by atoms with Gasteiger partial charge in [0.15, 0.2) is 5.69 Å². The van der Waals surface area contributed by atoms with E-state index in [0.717, 1.165) is 0 Å². The van der Waals surface area contributed by atoms with Crippen LogP contribution in [0.25, 0.3) is 5.65 Å². The van der Waals surface area contributed by atoms with E-state index < -0.39 is 5.97 Å². The van der Waals surface area contributed by atoms with Crippen molar-refractivity contribution in [2.75, 3.05) is 0 Å². The van der Waals surface area contributed by atoms with Gasteiger partial charge in [-0.2, -0.15) is 0 Å². The molecule has 2 heterocycles. The number of imidazole rings is 1. The summed E-state index contributed by atoms with van der Waals surface area (Å²) in [5, 5.41) is 8.61. The summed E-state index contributed by atoms with van der Waals surface area (Å²) >= 11 is 0. The third-order valence-electron chi connectivity index (χ3n) is 1.58. The smallest absolute Gasteiger partial charge is 0.356 e. The number of nitrogens with zero attached hydrogens (tertiary/aromatic N) is 2. The third kappa shape index (κ3) is 2.33. The maximum Gasteiger partial charge on any atom is 0.356 e. The minimum absolute atomic E-state index is 0. The summed E-state index contributed by atoms with van der Waals surface area (Å²) < 4.78 is 1.67. The minimum atomic E-state index is -1.00. The van der Waals surface area contributed by atoms with Crippen molar-refractivity contribution in [1.29, 1.82) is 0 Å². The molecular formula is C8H8N2NaO3. The van der Waals surface area contributed by atoms with E-state index in [-0.39, 0.29) is 40.7 Å². The average Bonchev–Trinajstić information content (AvgIpc) is 2.46. The second-order valence-corrected chi connectivity index (χ2v) is 2.40. The third-order valence-corrected chi connectivity index (χ3v) is 1.58. The van der Waals surface area contributed by atoms with Gasteiger partial charge >= 0.3 is 5.97 Å². The van der Waals surface area contributed by atoms with Crippen LogP contribution in [0.1, 0.15) is 10.5 Å².